The van der Waals surface area contributed by atoms with Crippen LogP contribution in [-0.2, 0) is 0 Å². The number of para-hydroxylation sites is 1. The smallest absolute Gasteiger partial charge is 0.147 e. The van der Waals surface area contributed by atoms with Gasteiger partial charge in [0.25, 0.3) is 0 Å². The summed E-state index contributed by atoms with van der Waals surface area (Å²) in [5.74, 6) is 0.801. The van der Waals surface area contributed by atoms with E-state index in [4.69, 9.17) is 8.83 Å². The zero-order valence-electron chi connectivity index (χ0n) is 22.6. The van der Waals surface area contributed by atoms with Crippen molar-refractivity contribution in [2.75, 3.05) is 0 Å². The number of benzene rings is 6. The predicted octanol–water partition coefficient (Wildman–Crippen LogP) is 11.6. The molecule has 0 fully saturated rings. The van der Waals surface area contributed by atoms with Gasteiger partial charge < -0.3 is 8.83 Å². The molecule has 0 unspecified atom stereocenters. The van der Waals surface area contributed by atoms with E-state index in [2.05, 4.69) is 104 Å². The fourth-order valence-electron chi connectivity index (χ4n) is 6.48. The first-order valence-electron chi connectivity index (χ1n) is 13.9. The maximum Gasteiger partial charge on any atom is 0.147 e. The number of furan rings is 2. The summed E-state index contributed by atoms with van der Waals surface area (Å²) in [6, 6.07) is 38.6. The van der Waals surface area contributed by atoms with Crippen molar-refractivity contribution >= 4 is 66.6 Å². The number of allylic oxidation sites excluding steroid dienone is 1. The molecule has 2 aromatic heterocycles. The summed E-state index contributed by atoms with van der Waals surface area (Å²) in [7, 11) is 0. The topological polar surface area (TPSA) is 26.3 Å². The highest BCUT2D eigenvalue weighted by Crippen LogP contribution is 2.49. The van der Waals surface area contributed by atoms with Crippen LogP contribution >= 0.6 is 0 Å². The Morgan fingerprint density at radius 3 is 1.80 bits per heavy atom. The minimum atomic E-state index is 0.801. The van der Waals surface area contributed by atoms with Crippen LogP contribution in [0.25, 0.3) is 88.9 Å². The molecule has 0 aliphatic rings. The van der Waals surface area contributed by atoms with Gasteiger partial charge in [-0.25, -0.2) is 0 Å². The van der Waals surface area contributed by atoms with E-state index >= 15 is 0 Å². The van der Waals surface area contributed by atoms with Crippen LogP contribution in [0, 0.1) is 0 Å². The van der Waals surface area contributed by atoms with E-state index in [1.165, 1.54) is 32.7 Å². The van der Waals surface area contributed by atoms with Gasteiger partial charge in [-0.1, -0.05) is 116 Å². The van der Waals surface area contributed by atoms with Crippen LogP contribution in [0.5, 0.6) is 0 Å². The van der Waals surface area contributed by atoms with Crippen molar-refractivity contribution in [3.63, 3.8) is 0 Å². The first kappa shape index (κ1) is 23.5. The van der Waals surface area contributed by atoms with Crippen LogP contribution in [0.3, 0.4) is 0 Å². The molecule has 2 heteroatoms. The average Bonchev–Trinajstić information content (AvgIpc) is 3.58. The monoisotopic (exact) mass is 526 g/mol. The third kappa shape index (κ3) is 3.38. The quantitative estimate of drug-likeness (QED) is 0.213. The molecule has 0 aliphatic heterocycles. The van der Waals surface area contributed by atoms with Crippen molar-refractivity contribution in [1.82, 2.24) is 0 Å². The number of hydrogen-bond donors (Lipinski definition) is 0. The lowest BCUT2D eigenvalue weighted by Gasteiger charge is -2.18. The Morgan fingerprint density at radius 2 is 1.17 bits per heavy atom. The molecule has 0 atom stereocenters. The van der Waals surface area contributed by atoms with Crippen LogP contribution in [0.1, 0.15) is 18.2 Å². The SMILES string of the molecule is C=Cc1c(/C=C\C)oc2c1cc(-c1c3ccccc3c(-c3ccccc3)c3ccccc13)c1oc3ccccc3c12. The van der Waals surface area contributed by atoms with Gasteiger partial charge in [0.05, 0.1) is 5.39 Å². The lowest BCUT2D eigenvalue weighted by Crippen LogP contribution is -1.91. The molecule has 6 aromatic carbocycles. The Labute approximate surface area is 237 Å². The molecule has 0 bridgehead atoms. The lowest BCUT2D eigenvalue weighted by atomic mass is 9.85. The third-order valence-corrected chi connectivity index (χ3v) is 8.15. The summed E-state index contributed by atoms with van der Waals surface area (Å²) in [5, 5.41) is 7.85. The van der Waals surface area contributed by atoms with E-state index in [0.29, 0.717) is 0 Å². The standard InChI is InChI=1S/C39H26O2/c1-3-14-33-25(4-2)31-23-32(39-37(38(31)40-33)30-21-12-13-22-34(30)41-39)36-28-19-10-8-17-26(28)35(24-15-6-5-7-16-24)27-18-9-11-20-29(27)36/h3-23H,2H2,1H3/b14-3-. The Balaban J connectivity index is 1.62. The molecule has 194 valence electrons. The molecule has 0 aliphatic carbocycles. The highest BCUT2D eigenvalue weighted by Gasteiger charge is 2.24. The van der Waals surface area contributed by atoms with Crippen LogP contribution < -0.4 is 0 Å². The van der Waals surface area contributed by atoms with Crippen molar-refractivity contribution in [1.29, 1.82) is 0 Å². The van der Waals surface area contributed by atoms with Crippen molar-refractivity contribution < 1.29 is 8.83 Å². The summed E-state index contributed by atoms with van der Waals surface area (Å²) in [6.07, 6.45) is 5.90. The second-order valence-electron chi connectivity index (χ2n) is 10.4. The normalized spacial score (nSPS) is 12.0. The summed E-state index contributed by atoms with van der Waals surface area (Å²) < 4.78 is 13.2. The van der Waals surface area contributed by atoms with Crippen molar-refractivity contribution in [3.8, 4) is 22.3 Å². The van der Waals surface area contributed by atoms with Crippen LogP contribution in [0.15, 0.2) is 131 Å². The zero-order valence-corrected chi connectivity index (χ0v) is 22.6. The minimum absolute atomic E-state index is 0.801. The van der Waals surface area contributed by atoms with Gasteiger partial charge in [0.15, 0.2) is 0 Å². The summed E-state index contributed by atoms with van der Waals surface area (Å²) >= 11 is 0. The molecule has 8 rings (SSSR count). The number of fused-ring (bicyclic) bond motifs is 7. The van der Waals surface area contributed by atoms with Crippen LogP contribution in [0.4, 0.5) is 0 Å². The molecule has 0 saturated heterocycles. The molecule has 0 spiro atoms. The zero-order chi connectivity index (χ0) is 27.5. The van der Waals surface area contributed by atoms with Crippen molar-refractivity contribution in [2.45, 2.75) is 6.92 Å². The fraction of sp³-hybridized carbons (Fsp3) is 0.0256. The van der Waals surface area contributed by atoms with Gasteiger partial charge >= 0.3 is 0 Å². The van der Waals surface area contributed by atoms with E-state index in [1.807, 2.05) is 37.3 Å². The van der Waals surface area contributed by atoms with E-state index in [-0.39, 0.29) is 0 Å². The van der Waals surface area contributed by atoms with Crippen molar-refractivity contribution in [2.24, 2.45) is 0 Å². The maximum absolute atomic E-state index is 6.70. The summed E-state index contributed by atoms with van der Waals surface area (Å²) in [5.41, 5.74) is 8.14. The molecule has 41 heavy (non-hydrogen) atoms. The molecular formula is C39H26O2. The molecule has 2 heterocycles. The molecule has 2 nitrogen and oxygen atoms in total. The Kier molecular flexibility index (Phi) is 5.23. The molecule has 0 radical (unpaired) electrons. The van der Waals surface area contributed by atoms with Crippen molar-refractivity contribution in [3.05, 3.63) is 133 Å². The Hall–Kier alpha value is -5.34. The van der Waals surface area contributed by atoms with E-state index in [0.717, 1.165) is 55.4 Å². The highest BCUT2D eigenvalue weighted by molar-refractivity contribution is 6.28. The van der Waals surface area contributed by atoms with Gasteiger partial charge in [0.1, 0.15) is 22.5 Å². The molecular weight excluding hydrogens is 500 g/mol. The molecule has 0 N–H and O–H groups in total. The Morgan fingerprint density at radius 1 is 0.585 bits per heavy atom. The van der Waals surface area contributed by atoms with Gasteiger partial charge in [-0.05, 0) is 57.8 Å². The molecule has 8 aromatic rings. The van der Waals surface area contributed by atoms with E-state index in [1.54, 1.807) is 0 Å². The van der Waals surface area contributed by atoms with Gasteiger partial charge in [-0.15, -0.1) is 0 Å². The maximum atomic E-state index is 6.70. The number of rotatable bonds is 4. The Bertz CT molecular complexity index is 2270. The van der Waals surface area contributed by atoms with Gasteiger partial charge in [-0.2, -0.15) is 0 Å². The van der Waals surface area contributed by atoms with E-state index in [9.17, 15) is 0 Å². The minimum Gasteiger partial charge on any atom is -0.455 e. The first-order valence-corrected chi connectivity index (χ1v) is 13.9. The highest BCUT2D eigenvalue weighted by atomic mass is 16.3. The molecule has 0 saturated carbocycles. The van der Waals surface area contributed by atoms with E-state index < -0.39 is 0 Å². The summed E-state index contributed by atoms with van der Waals surface area (Å²) in [6.45, 7) is 6.16. The second-order valence-corrected chi connectivity index (χ2v) is 10.4. The van der Waals surface area contributed by atoms with Gasteiger partial charge in [0, 0.05) is 27.5 Å². The first-order chi connectivity index (χ1) is 20.3. The third-order valence-electron chi connectivity index (χ3n) is 8.15. The fourth-order valence-corrected chi connectivity index (χ4v) is 6.48. The average molecular weight is 527 g/mol. The van der Waals surface area contributed by atoms with Gasteiger partial charge in [-0.3, -0.25) is 0 Å². The summed E-state index contributed by atoms with van der Waals surface area (Å²) in [4.78, 5) is 0. The predicted molar refractivity (Wildman–Crippen MR) is 174 cm³/mol. The molecule has 0 amide bonds. The van der Waals surface area contributed by atoms with Gasteiger partial charge in [0.2, 0.25) is 0 Å². The lowest BCUT2D eigenvalue weighted by molar-refractivity contribution is 0.606. The number of hydrogen-bond acceptors (Lipinski definition) is 2. The second kappa shape index (κ2) is 9.11. The largest absolute Gasteiger partial charge is 0.455 e. The van der Waals surface area contributed by atoms with Crippen LogP contribution in [-0.4, -0.2) is 0 Å². The van der Waals surface area contributed by atoms with Crippen LogP contribution in [0.2, 0.25) is 0 Å².